The summed E-state index contributed by atoms with van der Waals surface area (Å²) in [6.07, 6.45) is 2.65. The Kier molecular flexibility index (Phi) is 4.55. The highest BCUT2D eigenvalue weighted by Gasteiger charge is 2.15. The van der Waals surface area contributed by atoms with Crippen molar-refractivity contribution < 1.29 is 0 Å². The van der Waals surface area contributed by atoms with Crippen molar-refractivity contribution >= 4 is 11.6 Å². The molecule has 0 spiro atoms. The van der Waals surface area contributed by atoms with E-state index in [0.717, 1.165) is 6.42 Å². The van der Waals surface area contributed by atoms with Crippen LogP contribution in [0.15, 0.2) is 29.2 Å². The second kappa shape index (κ2) is 6.18. The van der Waals surface area contributed by atoms with Crippen LogP contribution in [0.1, 0.15) is 26.0 Å². The van der Waals surface area contributed by atoms with Crippen molar-refractivity contribution in [2.75, 3.05) is 0 Å². The fourth-order valence-electron chi connectivity index (χ4n) is 1.95. The molecule has 1 unspecified atom stereocenters. The average Bonchev–Trinajstić information content (AvgIpc) is 2.48. The van der Waals surface area contributed by atoms with E-state index >= 15 is 0 Å². The molecule has 1 atom stereocenters. The number of halogens is 1. The zero-order valence-corrected chi connectivity index (χ0v) is 12.7. The Morgan fingerprint density at radius 3 is 2.75 bits per heavy atom. The minimum atomic E-state index is -0.133. The van der Waals surface area contributed by atoms with Gasteiger partial charge in [0.05, 0.1) is 11.4 Å². The van der Waals surface area contributed by atoms with Crippen LogP contribution in [0.4, 0.5) is 0 Å². The highest BCUT2D eigenvalue weighted by Crippen LogP contribution is 2.17. The van der Waals surface area contributed by atoms with Crippen LogP contribution >= 0.6 is 11.6 Å². The highest BCUT2D eigenvalue weighted by molar-refractivity contribution is 6.30. The van der Waals surface area contributed by atoms with Gasteiger partial charge in [0.2, 0.25) is 0 Å². The largest absolute Gasteiger partial charge is 0.308 e. The third-order valence-corrected chi connectivity index (χ3v) is 3.82. The molecular formula is C15H18ClN3O. The fraction of sp³-hybridized carbons (Fsp3) is 0.400. The van der Waals surface area contributed by atoms with Gasteiger partial charge in [-0.15, -0.1) is 0 Å². The van der Waals surface area contributed by atoms with Gasteiger partial charge in [-0.25, -0.2) is 4.98 Å². The van der Waals surface area contributed by atoms with Crippen molar-refractivity contribution in [3.05, 3.63) is 45.6 Å². The quantitative estimate of drug-likeness (QED) is 0.868. The van der Waals surface area contributed by atoms with Crippen LogP contribution in [-0.2, 0) is 6.54 Å². The molecular weight excluding hydrogens is 274 g/mol. The van der Waals surface area contributed by atoms with Gasteiger partial charge in [-0.3, -0.25) is 9.78 Å². The third-order valence-electron chi connectivity index (χ3n) is 3.46. The van der Waals surface area contributed by atoms with E-state index in [1.807, 2.05) is 13.0 Å². The molecule has 0 aliphatic rings. The summed E-state index contributed by atoms with van der Waals surface area (Å²) in [6.45, 7) is 6.68. The lowest BCUT2D eigenvalue weighted by Gasteiger charge is -2.16. The van der Waals surface area contributed by atoms with Crippen LogP contribution in [0.2, 0.25) is 5.15 Å². The minimum Gasteiger partial charge on any atom is -0.308 e. The molecule has 106 valence electrons. The van der Waals surface area contributed by atoms with Crippen molar-refractivity contribution in [1.29, 1.82) is 0 Å². The van der Waals surface area contributed by atoms with E-state index in [4.69, 9.17) is 11.6 Å². The van der Waals surface area contributed by atoms with Crippen LogP contribution in [0.3, 0.4) is 0 Å². The Balaban J connectivity index is 2.59. The Labute approximate surface area is 123 Å². The minimum absolute atomic E-state index is 0.133. The van der Waals surface area contributed by atoms with Crippen LogP contribution in [-0.4, -0.2) is 14.5 Å². The van der Waals surface area contributed by atoms with Gasteiger partial charge in [0.15, 0.2) is 5.69 Å². The van der Waals surface area contributed by atoms with E-state index in [1.165, 1.54) is 0 Å². The summed E-state index contributed by atoms with van der Waals surface area (Å²) in [5, 5.41) is 0.355. The molecule has 0 bridgehead atoms. The summed E-state index contributed by atoms with van der Waals surface area (Å²) in [5.41, 5.74) is 1.43. The predicted molar refractivity (Wildman–Crippen MR) is 80.9 cm³/mol. The Bertz CT molecular complexity index is 652. The van der Waals surface area contributed by atoms with Gasteiger partial charge >= 0.3 is 0 Å². The number of hydrogen-bond acceptors (Lipinski definition) is 3. The molecule has 0 aliphatic heterocycles. The summed E-state index contributed by atoms with van der Waals surface area (Å²) >= 11 is 6.17. The first-order chi connectivity index (χ1) is 9.54. The molecule has 0 saturated heterocycles. The van der Waals surface area contributed by atoms with Gasteiger partial charge in [0.25, 0.3) is 5.56 Å². The lowest BCUT2D eigenvalue weighted by Crippen LogP contribution is -2.28. The number of pyridine rings is 1. The maximum Gasteiger partial charge on any atom is 0.279 e. The van der Waals surface area contributed by atoms with Gasteiger partial charge < -0.3 is 4.57 Å². The van der Waals surface area contributed by atoms with Crippen LogP contribution in [0.5, 0.6) is 0 Å². The molecule has 2 heterocycles. The smallest absolute Gasteiger partial charge is 0.279 e. The summed E-state index contributed by atoms with van der Waals surface area (Å²) in [4.78, 5) is 21.0. The van der Waals surface area contributed by atoms with Crippen LogP contribution in [0, 0.1) is 12.8 Å². The van der Waals surface area contributed by atoms with E-state index < -0.39 is 0 Å². The van der Waals surface area contributed by atoms with Crippen LogP contribution in [0.25, 0.3) is 11.4 Å². The van der Waals surface area contributed by atoms with Gasteiger partial charge in [-0.1, -0.05) is 37.9 Å². The maximum atomic E-state index is 12.6. The second-order valence-electron chi connectivity index (χ2n) is 4.98. The van der Waals surface area contributed by atoms with Crippen molar-refractivity contribution in [3.63, 3.8) is 0 Å². The average molecular weight is 292 g/mol. The molecule has 20 heavy (non-hydrogen) atoms. The van der Waals surface area contributed by atoms with E-state index in [1.54, 1.807) is 22.9 Å². The first-order valence-corrected chi connectivity index (χ1v) is 7.10. The molecule has 0 aliphatic carbocycles. The fourth-order valence-corrected chi connectivity index (χ4v) is 2.14. The van der Waals surface area contributed by atoms with Crippen molar-refractivity contribution in [2.24, 2.45) is 5.92 Å². The summed E-state index contributed by atoms with van der Waals surface area (Å²) in [6, 6.07) is 5.40. The second-order valence-corrected chi connectivity index (χ2v) is 5.34. The zero-order chi connectivity index (χ0) is 14.7. The molecule has 0 N–H and O–H groups in total. The normalized spacial score (nSPS) is 12.4. The summed E-state index contributed by atoms with van der Waals surface area (Å²) in [5.74, 6) is 0.404. The van der Waals surface area contributed by atoms with E-state index in [9.17, 15) is 4.79 Å². The molecule has 0 fully saturated rings. The zero-order valence-electron chi connectivity index (χ0n) is 11.9. The lowest BCUT2D eigenvalue weighted by atomic mass is 10.1. The van der Waals surface area contributed by atoms with E-state index in [2.05, 4.69) is 23.8 Å². The third kappa shape index (κ3) is 2.90. The molecule has 2 aromatic heterocycles. The van der Waals surface area contributed by atoms with Crippen molar-refractivity contribution in [2.45, 2.75) is 33.7 Å². The van der Waals surface area contributed by atoms with Gasteiger partial charge in [0, 0.05) is 12.7 Å². The first-order valence-electron chi connectivity index (χ1n) is 6.73. The lowest BCUT2D eigenvalue weighted by molar-refractivity contribution is 0.452. The molecule has 2 rings (SSSR count). The standard InChI is InChI=1S/C15H18ClN3O/c1-4-10(2)9-19-11(3)14(16)18-13(15(19)20)12-7-5-6-8-17-12/h5-8,10H,4,9H2,1-3H3. The number of nitrogens with zero attached hydrogens (tertiary/aromatic N) is 3. The van der Waals surface area contributed by atoms with Crippen molar-refractivity contribution in [3.8, 4) is 11.4 Å². The first kappa shape index (κ1) is 14.7. The number of aromatic nitrogens is 3. The molecule has 0 radical (unpaired) electrons. The van der Waals surface area contributed by atoms with Crippen molar-refractivity contribution in [1.82, 2.24) is 14.5 Å². The maximum absolute atomic E-state index is 12.6. The van der Waals surface area contributed by atoms with E-state index in [-0.39, 0.29) is 5.56 Å². The molecule has 4 nitrogen and oxygen atoms in total. The predicted octanol–water partition coefficient (Wildman–Crippen LogP) is 3.31. The Morgan fingerprint density at radius 1 is 1.40 bits per heavy atom. The highest BCUT2D eigenvalue weighted by atomic mass is 35.5. The molecule has 2 aromatic rings. The molecule has 0 amide bonds. The SMILES string of the molecule is CCC(C)Cn1c(C)c(Cl)nc(-c2ccccn2)c1=O. The number of hydrogen-bond donors (Lipinski definition) is 0. The Hall–Kier alpha value is -1.68. The number of rotatable bonds is 4. The molecule has 0 saturated carbocycles. The summed E-state index contributed by atoms with van der Waals surface area (Å²) in [7, 11) is 0. The Morgan fingerprint density at radius 2 is 2.15 bits per heavy atom. The topological polar surface area (TPSA) is 47.8 Å². The molecule has 5 heteroatoms. The van der Waals surface area contributed by atoms with Gasteiger partial charge in [-0.2, -0.15) is 0 Å². The van der Waals surface area contributed by atoms with Crippen LogP contribution < -0.4 is 5.56 Å². The van der Waals surface area contributed by atoms with E-state index in [0.29, 0.717) is 34.7 Å². The monoisotopic (exact) mass is 291 g/mol. The summed E-state index contributed by atoms with van der Waals surface area (Å²) < 4.78 is 1.70. The molecule has 0 aromatic carbocycles. The van der Waals surface area contributed by atoms with Gasteiger partial charge in [-0.05, 0) is 25.0 Å². The van der Waals surface area contributed by atoms with Gasteiger partial charge in [0.1, 0.15) is 5.15 Å².